The summed E-state index contributed by atoms with van der Waals surface area (Å²) >= 11 is 6.18. The number of rotatable bonds is 7. The molecule has 0 aliphatic carbocycles. The number of hydrogen-bond donors (Lipinski definition) is 1. The molecule has 1 atom stereocenters. The van der Waals surface area contributed by atoms with Crippen molar-refractivity contribution in [2.24, 2.45) is 0 Å². The Morgan fingerprint density at radius 2 is 1.78 bits per heavy atom. The Balaban J connectivity index is 1.71. The summed E-state index contributed by atoms with van der Waals surface area (Å²) in [6.07, 6.45) is -0.451. The number of ketones is 1. The van der Waals surface area contributed by atoms with Gasteiger partial charge in [0.1, 0.15) is 11.5 Å². The third-order valence-electron chi connectivity index (χ3n) is 5.60. The summed E-state index contributed by atoms with van der Waals surface area (Å²) in [5.74, 6) is -0.177. The van der Waals surface area contributed by atoms with Crippen molar-refractivity contribution in [3.05, 3.63) is 88.4 Å². The lowest BCUT2D eigenvalue weighted by Gasteiger charge is -2.23. The molecule has 0 aromatic heterocycles. The number of ether oxygens (including phenoxy) is 2. The number of Topliss-reactive ketones (excluding diaryl/α,β-unsaturated/α-hetero) is 1. The zero-order valence-electron chi connectivity index (χ0n) is 17.7. The van der Waals surface area contributed by atoms with Gasteiger partial charge < -0.3 is 19.5 Å². The monoisotopic (exact) mass is 451 g/mol. The fraction of sp³-hybridized carbons (Fsp3) is 0.200. The second-order valence-corrected chi connectivity index (χ2v) is 8.00. The Kier molecular flexibility index (Phi) is 5.91. The number of halogens is 1. The highest BCUT2D eigenvalue weighted by molar-refractivity contribution is 6.31. The van der Waals surface area contributed by atoms with Gasteiger partial charge in [0, 0.05) is 16.7 Å². The molecule has 1 heterocycles. The Morgan fingerprint density at radius 1 is 1.03 bits per heavy atom. The van der Waals surface area contributed by atoms with Crippen LogP contribution in [-0.4, -0.2) is 31.0 Å². The molecule has 164 valence electrons. The fourth-order valence-corrected chi connectivity index (χ4v) is 4.15. The maximum absolute atomic E-state index is 13.5. The minimum atomic E-state index is -2.04. The average molecular weight is 452 g/mol. The molecule has 3 aromatic carbocycles. The summed E-state index contributed by atoms with van der Waals surface area (Å²) in [5, 5.41) is 11.9. The Morgan fingerprint density at radius 3 is 2.47 bits per heavy atom. The van der Waals surface area contributed by atoms with Gasteiger partial charge in [-0.25, -0.2) is 0 Å². The van der Waals surface area contributed by atoms with Gasteiger partial charge in [0.15, 0.2) is 11.4 Å². The molecule has 7 heteroatoms. The van der Waals surface area contributed by atoms with Gasteiger partial charge in [0.2, 0.25) is 0 Å². The molecule has 32 heavy (non-hydrogen) atoms. The highest BCUT2D eigenvalue weighted by Crippen LogP contribution is 2.45. The van der Waals surface area contributed by atoms with Crippen LogP contribution in [0.15, 0.2) is 66.7 Å². The standard InChI is InChI=1S/C25H22ClNO5/c1-31-18-9-10-19(23(13-18)32-2)22(28)14-25(30)20-12-17(26)8-11-21(20)27(24(25)29)15-16-6-4-3-5-7-16/h3-13,30H,14-15H2,1-2H3/t25-/m0/s1. The van der Waals surface area contributed by atoms with E-state index in [0.717, 1.165) is 5.56 Å². The second kappa shape index (κ2) is 8.65. The molecule has 0 bridgehead atoms. The number of carbonyl (C=O) groups excluding carboxylic acids is 2. The van der Waals surface area contributed by atoms with E-state index in [4.69, 9.17) is 21.1 Å². The largest absolute Gasteiger partial charge is 0.497 e. The highest BCUT2D eigenvalue weighted by atomic mass is 35.5. The van der Waals surface area contributed by atoms with Crippen LogP contribution in [-0.2, 0) is 16.9 Å². The summed E-state index contributed by atoms with van der Waals surface area (Å²) in [7, 11) is 2.95. The molecular formula is C25H22ClNO5. The first-order valence-corrected chi connectivity index (χ1v) is 10.4. The van der Waals surface area contributed by atoms with Crippen LogP contribution in [0.4, 0.5) is 5.69 Å². The van der Waals surface area contributed by atoms with Crippen LogP contribution >= 0.6 is 11.6 Å². The zero-order valence-corrected chi connectivity index (χ0v) is 18.4. The first kappa shape index (κ1) is 21.9. The summed E-state index contributed by atoms with van der Waals surface area (Å²) in [6, 6.07) is 19.1. The molecule has 1 N–H and O–H groups in total. The Labute approximate surface area is 191 Å². The molecule has 4 rings (SSSR count). The normalized spacial score (nSPS) is 17.2. The molecular weight excluding hydrogens is 430 g/mol. The third-order valence-corrected chi connectivity index (χ3v) is 5.84. The first-order valence-electron chi connectivity index (χ1n) is 10.0. The van der Waals surface area contributed by atoms with Crippen molar-refractivity contribution >= 4 is 29.0 Å². The van der Waals surface area contributed by atoms with E-state index in [1.165, 1.54) is 25.2 Å². The van der Waals surface area contributed by atoms with Crippen molar-refractivity contribution in [2.45, 2.75) is 18.6 Å². The van der Waals surface area contributed by atoms with Crippen molar-refractivity contribution in [3.63, 3.8) is 0 Å². The van der Waals surface area contributed by atoms with E-state index in [1.54, 1.807) is 30.3 Å². The Bertz CT molecular complexity index is 1180. The lowest BCUT2D eigenvalue weighted by atomic mass is 9.88. The summed E-state index contributed by atoms with van der Waals surface area (Å²) in [4.78, 5) is 28.1. The maximum Gasteiger partial charge on any atom is 0.264 e. The van der Waals surface area contributed by atoms with Crippen molar-refractivity contribution in [1.29, 1.82) is 0 Å². The van der Waals surface area contributed by atoms with Gasteiger partial charge in [0.25, 0.3) is 5.91 Å². The van der Waals surface area contributed by atoms with Gasteiger partial charge in [-0.3, -0.25) is 9.59 Å². The number of nitrogens with zero attached hydrogens (tertiary/aromatic N) is 1. The lowest BCUT2D eigenvalue weighted by Crippen LogP contribution is -2.41. The van der Waals surface area contributed by atoms with Crippen molar-refractivity contribution in [1.82, 2.24) is 0 Å². The quantitative estimate of drug-likeness (QED) is 0.540. The minimum absolute atomic E-state index is 0.250. The number of hydrogen-bond acceptors (Lipinski definition) is 5. The number of benzene rings is 3. The number of methoxy groups -OCH3 is 2. The number of fused-ring (bicyclic) bond motifs is 1. The minimum Gasteiger partial charge on any atom is -0.497 e. The van der Waals surface area contributed by atoms with Gasteiger partial charge in [-0.1, -0.05) is 41.9 Å². The number of carbonyl (C=O) groups is 2. The third kappa shape index (κ3) is 3.83. The van der Waals surface area contributed by atoms with E-state index in [1.807, 2.05) is 30.3 Å². The number of amides is 1. The van der Waals surface area contributed by atoms with Crippen molar-refractivity contribution < 1.29 is 24.2 Å². The molecule has 0 fully saturated rings. The van der Waals surface area contributed by atoms with Crippen molar-refractivity contribution in [3.8, 4) is 11.5 Å². The molecule has 1 aliphatic heterocycles. The molecule has 0 unspecified atom stereocenters. The average Bonchev–Trinajstić information content (AvgIpc) is 3.00. The van der Waals surface area contributed by atoms with Gasteiger partial charge in [-0.15, -0.1) is 0 Å². The molecule has 0 saturated heterocycles. The van der Waals surface area contributed by atoms with Gasteiger partial charge >= 0.3 is 0 Å². The van der Waals surface area contributed by atoms with Crippen LogP contribution in [0.5, 0.6) is 11.5 Å². The van der Waals surface area contributed by atoms with Crippen LogP contribution in [0.25, 0.3) is 0 Å². The fourth-order valence-electron chi connectivity index (χ4n) is 3.97. The summed E-state index contributed by atoms with van der Waals surface area (Å²) in [5.41, 5.74) is -0.0578. The first-order chi connectivity index (χ1) is 15.4. The van der Waals surface area contributed by atoms with Gasteiger partial charge in [0.05, 0.1) is 38.4 Å². The lowest BCUT2D eigenvalue weighted by molar-refractivity contribution is -0.136. The van der Waals surface area contributed by atoms with Crippen LogP contribution in [0, 0.1) is 0 Å². The maximum atomic E-state index is 13.5. The molecule has 0 saturated carbocycles. The topological polar surface area (TPSA) is 76.1 Å². The van der Waals surface area contributed by atoms with Crippen molar-refractivity contribution in [2.75, 3.05) is 19.1 Å². The van der Waals surface area contributed by atoms with Crippen LogP contribution in [0.3, 0.4) is 0 Å². The summed E-state index contributed by atoms with van der Waals surface area (Å²) < 4.78 is 10.5. The number of anilines is 1. The molecule has 0 radical (unpaired) electrons. The molecule has 3 aromatic rings. The smallest absolute Gasteiger partial charge is 0.264 e. The Hall–Kier alpha value is -3.35. The number of aliphatic hydroxyl groups is 1. The van der Waals surface area contributed by atoms with Crippen LogP contribution in [0.1, 0.15) is 27.9 Å². The second-order valence-electron chi connectivity index (χ2n) is 7.56. The molecule has 1 amide bonds. The van der Waals surface area contributed by atoms with E-state index < -0.39 is 23.7 Å². The SMILES string of the molecule is COc1ccc(C(=O)C[C@@]2(O)C(=O)N(Cc3ccccc3)c3ccc(Cl)cc32)c(OC)c1. The van der Waals surface area contributed by atoms with E-state index in [9.17, 15) is 14.7 Å². The highest BCUT2D eigenvalue weighted by Gasteiger charge is 2.51. The molecule has 1 aliphatic rings. The van der Waals surface area contributed by atoms with E-state index in [-0.39, 0.29) is 12.1 Å². The predicted octanol–water partition coefficient (Wildman–Crippen LogP) is 4.36. The zero-order chi connectivity index (χ0) is 22.9. The summed E-state index contributed by atoms with van der Waals surface area (Å²) in [6.45, 7) is 0.261. The van der Waals surface area contributed by atoms with E-state index >= 15 is 0 Å². The van der Waals surface area contributed by atoms with Gasteiger partial charge in [-0.2, -0.15) is 0 Å². The molecule has 6 nitrogen and oxygen atoms in total. The van der Waals surface area contributed by atoms with Crippen LogP contribution < -0.4 is 14.4 Å². The predicted molar refractivity (Wildman–Crippen MR) is 121 cm³/mol. The van der Waals surface area contributed by atoms with Crippen LogP contribution in [0.2, 0.25) is 5.02 Å². The molecule has 0 spiro atoms. The van der Waals surface area contributed by atoms with E-state index in [2.05, 4.69) is 0 Å². The van der Waals surface area contributed by atoms with Gasteiger partial charge in [-0.05, 0) is 35.9 Å². The van der Waals surface area contributed by atoms with E-state index in [0.29, 0.717) is 27.8 Å².